The predicted molar refractivity (Wildman–Crippen MR) is 65.0 cm³/mol. The first-order valence-electron chi connectivity index (χ1n) is 2.94. The Morgan fingerprint density at radius 1 is 1.54 bits per heavy atom. The van der Waals surface area contributed by atoms with E-state index in [1.165, 1.54) is 17.4 Å². The Bertz CT molecular complexity index is 334. The van der Waals surface area contributed by atoms with E-state index in [1.54, 1.807) is 11.5 Å². The van der Waals surface area contributed by atoms with E-state index in [9.17, 15) is 8.42 Å². The highest BCUT2D eigenvalue weighted by molar-refractivity contribution is 9.42. The summed E-state index contributed by atoms with van der Waals surface area (Å²) in [5.41, 5.74) is 2.68. The number of hydrogen-bond acceptors (Lipinski definition) is 5. The van der Waals surface area contributed by atoms with Crippen molar-refractivity contribution >= 4 is 69.6 Å². The van der Waals surface area contributed by atoms with Crippen LogP contribution in [0.2, 0.25) is 0 Å². The minimum absolute atomic E-state index is 0.144. The molecule has 1 aliphatic heterocycles. The predicted octanol–water partition coefficient (Wildman–Crippen LogP) is 2.09. The molecule has 0 aliphatic carbocycles. The van der Waals surface area contributed by atoms with Gasteiger partial charge in [-0.25, -0.2) is 8.42 Å². The molecule has 1 heterocycles. The molecule has 0 saturated heterocycles. The van der Waals surface area contributed by atoms with Crippen molar-refractivity contribution < 1.29 is 8.42 Å². The van der Waals surface area contributed by atoms with Crippen LogP contribution in [0.1, 0.15) is 0 Å². The number of alkyl halides is 3. The molecule has 0 saturated carbocycles. The Morgan fingerprint density at radius 3 is 2.38 bits per heavy atom. The summed E-state index contributed by atoms with van der Waals surface area (Å²) >= 11 is 10.2. The van der Waals surface area contributed by atoms with Crippen molar-refractivity contribution in [3.8, 4) is 0 Å². The second kappa shape index (κ2) is 4.01. The molecule has 0 aromatic rings. The molecule has 0 unspecified atom stereocenters. The van der Waals surface area contributed by atoms with E-state index >= 15 is 0 Å². The van der Waals surface area contributed by atoms with Gasteiger partial charge in [0.15, 0.2) is 5.03 Å². The van der Waals surface area contributed by atoms with Crippen LogP contribution in [0.25, 0.3) is 0 Å². The van der Waals surface area contributed by atoms with Gasteiger partial charge in [0.05, 0.1) is 0 Å². The Labute approximate surface area is 106 Å². The lowest BCUT2D eigenvalue weighted by atomic mass is 11.0. The molecule has 1 rings (SSSR count). The zero-order valence-corrected chi connectivity index (χ0v) is 12.7. The molecule has 0 atom stereocenters. The monoisotopic (exact) mass is 414 g/mol. The molecule has 76 valence electrons. The molecule has 0 amide bonds. The lowest BCUT2D eigenvalue weighted by molar-refractivity contribution is 0.491. The third kappa shape index (κ3) is 2.63. The number of halogens is 3. The SMILES string of the molecule is CN1NC(S(=O)(=O)C(Br)(Br)Br)=CS1. The van der Waals surface area contributed by atoms with Gasteiger partial charge in [-0.1, -0.05) is 0 Å². The van der Waals surface area contributed by atoms with Crippen LogP contribution < -0.4 is 5.43 Å². The number of nitrogens with zero attached hydrogens (tertiary/aromatic N) is 1. The molecule has 0 fully saturated rings. The van der Waals surface area contributed by atoms with Crippen LogP contribution in [0.5, 0.6) is 0 Å². The van der Waals surface area contributed by atoms with Gasteiger partial charge in [0.2, 0.25) is 11.3 Å². The molecule has 4 nitrogen and oxygen atoms in total. The summed E-state index contributed by atoms with van der Waals surface area (Å²) in [5.74, 6) is 0. The first-order chi connectivity index (χ1) is 5.75. The maximum Gasteiger partial charge on any atom is 0.240 e. The van der Waals surface area contributed by atoms with Crippen molar-refractivity contribution in [2.24, 2.45) is 0 Å². The van der Waals surface area contributed by atoms with Crippen LogP contribution in [0.4, 0.5) is 0 Å². The molecular formula is C4H5Br3N2O2S2. The third-order valence-electron chi connectivity index (χ3n) is 1.18. The minimum atomic E-state index is -3.47. The molecule has 0 aromatic heterocycles. The molecule has 1 N–H and O–H groups in total. The van der Waals surface area contributed by atoms with Crippen LogP contribution in [-0.2, 0) is 9.84 Å². The fraction of sp³-hybridized carbons (Fsp3) is 0.500. The van der Waals surface area contributed by atoms with E-state index in [-0.39, 0.29) is 5.03 Å². The second-order valence-corrected chi connectivity index (χ2v) is 13.5. The summed E-state index contributed by atoms with van der Waals surface area (Å²) in [7, 11) is -1.75. The standard InChI is InChI=1S/C4H5Br3N2O2S2/c1-9-8-3(2-12-9)13(10,11)4(5,6)7/h2,8H,1H3. The van der Waals surface area contributed by atoms with Gasteiger partial charge in [0.1, 0.15) is 0 Å². The fourth-order valence-electron chi connectivity index (χ4n) is 0.583. The highest BCUT2D eigenvalue weighted by Gasteiger charge is 2.41. The fourth-order valence-corrected chi connectivity index (χ4v) is 3.81. The van der Waals surface area contributed by atoms with E-state index in [1.807, 2.05) is 0 Å². The molecule has 13 heavy (non-hydrogen) atoms. The van der Waals surface area contributed by atoms with E-state index in [0.29, 0.717) is 0 Å². The van der Waals surface area contributed by atoms with Crippen molar-refractivity contribution in [3.63, 3.8) is 0 Å². The first kappa shape index (κ1) is 12.3. The van der Waals surface area contributed by atoms with Crippen LogP contribution in [-0.4, -0.2) is 21.4 Å². The minimum Gasteiger partial charge on any atom is -0.299 e. The van der Waals surface area contributed by atoms with Gasteiger partial charge >= 0.3 is 0 Å². The Balaban J connectivity index is 2.97. The van der Waals surface area contributed by atoms with Gasteiger partial charge in [-0.2, -0.15) is 4.41 Å². The van der Waals surface area contributed by atoms with E-state index in [0.717, 1.165) is 0 Å². The van der Waals surface area contributed by atoms with Crippen LogP contribution >= 0.6 is 59.7 Å². The topological polar surface area (TPSA) is 49.4 Å². The Morgan fingerprint density at radius 2 is 2.08 bits per heavy atom. The van der Waals surface area contributed by atoms with Crippen molar-refractivity contribution in [1.82, 2.24) is 9.84 Å². The number of sulfone groups is 1. The summed E-state index contributed by atoms with van der Waals surface area (Å²) in [6, 6.07) is 0. The van der Waals surface area contributed by atoms with Crippen LogP contribution in [0.3, 0.4) is 0 Å². The second-order valence-electron chi connectivity index (χ2n) is 2.15. The van der Waals surface area contributed by atoms with E-state index in [4.69, 9.17) is 0 Å². The number of nitrogens with one attached hydrogen (secondary N) is 1. The summed E-state index contributed by atoms with van der Waals surface area (Å²) in [6.45, 7) is 0. The van der Waals surface area contributed by atoms with E-state index in [2.05, 4.69) is 53.2 Å². The maximum atomic E-state index is 11.7. The van der Waals surface area contributed by atoms with Crippen molar-refractivity contribution in [2.75, 3.05) is 7.05 Å². The lowest BCUT2D eigenvalue weighted by Gasteiger charge is -2.15. The molecule has 9 heteroatoms. The third-order valence-corrected chi connectivity index (χ3v) is 7.31. The lowest BCUT2D eigenvalue weighted by Crippen LogP contribution is -2.31. The van der Waals surface area contributed by atoms with Gasteiger partial charge in [0.25, 0.3) is 0 Å². The normalized spacial score (nSPS) is 19.8. The zero-order valence-electron chi connectivity index (χ0n) is 6.29. The quantitative estimate of drug-likeness (QED) is 0.524. The molecule has 0 bridgehead atoms. The average molecular weight is 417 g/mol. The summed E-state index contributed by atoms with van der Waals surface area (Å²) < 4.78 is 23.7. The van der Waals surface area contributed by atoms with E-state index < -0.39 is 11.3 Å². The summed E-state index contributed by atoms with van der Waals surface area (Å²) in [5, 5.41) is 1.67. The molecular weight excluding hydrogens is 412 g/mol. The Hall–Kier alpha value is 1.24. The average Bonchev–Trinajstić information content (AvgIpc) is 2.33. The van der Waals surface area contributed by atoms with Gasteiger partial charge in [-0.05, 0) is 59.7 Å². The smallest absolute Gasteiger partial charge is 0.240 e. The van der Waals surface area contributed by atoms with Crippen molar-refractivity contribution in [3.05, 3.63) is 10.4 Å². The van der Waals surface area contributed by atoms with Crippen LogP contribution in [0, 0.1) is 0 Å². The van der Waals surface area contributed by atoms with Crippen molar-refractivity contribution in [1.29, 1.82) is 0 Å². The number of hydrazine groups is 1. The highest BCUT2D eigenvalue weighted by Crippen LogP contribution is 2.43. The van der Waals surface area contributed by atoms with Gasteiger partial charge in [0, 0.05) is 12.5 Å². The number of rotatable bonds is 1. The zero-order chi connectivity index (χ0) is 10.3. The van der Waals surface area contributed by atoms with Gasteiger partial charge in [-0.3, -0.25) is 5.43 Å². The number of hydrogen-bond donors (Lipinski definition) is 1. The first-order valence-corrected chi connectivity index (χ1v) is 7.64. The molecule has 1 aliphatic rings. The van der Waals surface area contributed by atoms with Crippen molar-refractivity contribution in [2.45, 2.75) is 1.47 Å². The molecule has 0 spiro atoms. The highest BCUT2D eigenvalue weighted by atomic mass is 80.0. The van der Waals surface area contributed by atoms with Gasteiger partial charge < -0.3 is 0 Å². The summed E-state index contributed by atoms with van der Waals surface area (Å²) in [4.78, 5) is 0. The van der Waals surface area contributed by atoms with Crippen LogP contribution in [0.15, 0.2) is 10.4 Å². The maximum absolute atomic E-state index is 11.7. The molecule has 0 aromatic carbocycles. The summed E-state index contributed by atoms with van der Waals surface area (Å²) in [6.07, 6.45) is 0. The largest absolute Gasteiger partial charge is 0.299 e. The van der Waals surface area contributed by atoms with Gasteiger partial charge in [-0.15, -0.1) is 0 Å². The Kier molecular flexibility index (Phi) is 3.80. The molecule has 0 radical (unpaired) electrons.